The minimum absolute atomic E-state index is 0.213. The third kappa shape index (κ3) is 2.96. The number of hydrogen-bond donors (Lipinski definition) is 1. The van der Waals surface area contributed by atoms with Gasteiger partial charge in [0.05, 0.1) is 6.21 Å². The van der Waals surface area contributed by atoms with E-state index in [1.807, 2.05) is 32.0 Å². The lowest BCUT2D eigenvalue weighted by atomic mass is 10.2. The van der Waals surface area contributed by atoms with E-state index in [2.05, 4.69) is 26.5 Å². The molecule has 2 aromatic heterocycles. The Labute approximate surface area is 135 Å². The molecule has 0 spiro atoms. The van der Waals surface area contributed by atoms with Crippen molar-refractivity contribution in [2.24, 2.45) is 5.10 Å². The number of aryl methyl sites for hydroxylation is 2. The summed E-state index contributed by atoms with van der Waals surface area (Å²) in [7, 11) is 0. The first-order valence-corrected chi connectivity index (χ1v) is 7.42. The van der Waals surface area contributed by atoms with Gasteiger partial charge in [0.25, 0.3) is 0 Å². The predicted octanol–water partition coefficient (Wildman–Crippen LogP) is 4.17. The van der Waals surface area contributed by atoms with Crippen molar-refractivity contribution in [3.63, 3.8) is 0 Å². The number of fused-ring (bicyclic) bond motifs is 1. The van der Waals surface area contributed by atoms with E-state index in [1.165, 1.54) is 0 Å². The lowest BCUT2D eigenvalue weighted by molar-refractivity contribution is 0.0929. The van der Waals surface area contributed by atoms with Crippen LogP contribution in [0.25, 0.3) is 11.0 Å². The first-order valence-electron chi connectivity index (χ1n) is 6.62. The zero-order valence-electron chi connectivity index (χ0n) is 12.0. The van der Waals surface area contributed by atoms with Gasteiger partial charge in [-0.05, 0) is 44.2 Å². The SMILES string of the molecule is Cc1cc(/C=N\NC(=O)c2cc3cc(Br)ccc3o2)c(C)o1. The van der Waals surface area contributed by atoms with Crippen molar-refractivity contribution in [3.8, 4) is 0 Å². The molecule has 0 aliphatic heterocycles. The molecule has 0 unspecified atom stereocenters. The van der Waals surface area contributed by atoms with Crippen LogP contribution in [0.4, 0.5) is 0 Å². The average molecular weight is 361 g/mol. The fourth-order valence-electron chi connectivity index (χ4n) is 2.12. The molecule has 6 heteroatoms. The zero-order valence-corrected chi connectivity index (χ0v) is 13.6. The van der Waals surface area contributed by atoms with E-state index in [9.17, 15) is 4.79 Å². The minimum Gasteiger partial charge on any atom is -0.466 e. The first-order chi connectivity index (χ1) is 10.5. The largest absolute Gasteiger partial charge is 0.466 e. The third-order valence-electron chi connectivity index (χ3n) is 3.15. The van der Waals surface area contributed by atoms with Gasteiger partial charge in [-0.15, -0.1) is 0 Å². The van der Waals surface area contributed by atoms with Gasteiger partial charge in [0.1, 0.15) is 17.1 Å². The van der Waals surface area contributed by atoms with Crippen LogP contribution in [0.3, 0.4) is 0 Å². The second kappa shape index (κ2) is 5.81. The highest BCUT2D eigenvalue weighted by Crippen LogP contribution is 2.23. The quantitative estimate of drug-likeness (QED) is 0.562. The number of carbonyl (C=O) groups excluding carboxylic acids is 1. The molecule has 2 heterocycles. The summed E-state index contributed by atoms with van der Waals surface area (Å²) in [6.45, 7) is 3.70. The number of furan rings is 2. The third-order valence-corrected chi connectivity index (χ3v) is 3.64. The van der Waals surface area contributed by atoms with E-state index < -0.39 is 5.91 Å². The fraction of sp³-hybridized carbons (Fsp3) is 0.125. The van der Waals surface area contributed by atoms with Gasteiger partial charge in [-0.1, -0.05) is 15.9 Å². The Kier molecular flexibility index (Phi) is 3.85. The van der Waals surface area contributed by atoms with Crippen LogP contribution in [0.1, 0.15) is 27.6 Å². The number of hydrazone groups is 1. The number of hydrogen-bond acceptors (Lipinski definition) is 4. The van der Waals surface area contributed by atoms with Crippen molar-refractivity contribution >= 4 is 39.0 Å². The molecule has 22 heavy (non-hydrogen) atoms. The molecule has 0 saturated heterocycles. The Bertz CT molecular complexity index is 877. The van der Waals surface area contributed by atoms with E-state index in [1.54, 1.807) is 18.3 Å². The van der Waals surface area contributed by atoms with Gasteiger partial charge < -0.3 is 8.83 Å². The Morgan fingerprint density at radius 1 is 1.23 bits per heavy atom. The van der Waals surface area contributed by atoms with Gasteiger partial charge in [0.2, 0.25) is 0 Å². The molecule has 5 nitrogen and oxygen atoms in total. The Morgan fingerprint density at radius 3 is 2.77 bits per heavy atom. The van der Waals surface area contributed by atoms with Crippen molar-refractivity contribution < 1.29 is 13.6 Å². The molecule has 0 fully saturated rings. The molecule has 0 saturated carbocycles. The van der Waals surface area contributed by atoms with E-state index in [0.29, 0.717) is 5.58 Å². The second-order valence-corrected chi connectivity index (χ2v) is 5.78. The highest BCUT2D eigenvalue weighted by molar-refractivity contribution is 9.10. The number of amides is 1. The molecule has 1 aromatic carbocycles. The lowest BCUT2D eigenvalue weighted by Crippen LogP contribution is -2.16. The summed E-state index contributed by atoms with van der Waals surface area (Å²) >= 11 is 3.38. The Balaban J connectivity index is 1.74. The maximum Gasteiger partial charge on any atom is 0.307 e. The average Bonchev–Trinajstić information content (AvgIpc) is 3.01. The molecule has 0 radical (unpaired) electrons. The van der Waals surface area contributed by atoms with Crippen LogP contribution in [0.5, 0.6) is 0 Å². The van der Waals surface area contributed by atoms with Crippen LogP contribution in [0.15, 0.2) is 48.7 Å². The molecule has 0 bridgehead atoms. The van der Waals surface area contributed by atoms with Gasteiger partial charge in [-0.2, -0.15) is 5.10 Å². The monoisotopic (exact) mass is 360 g/mol. The van der Waals surface area contributed by atoms with Crippen LogP contribution in [-0.4, -0.2) is 12.1 Å². The normalized spacial score (nSPS) is 11.4. The summed E-state index contributed by atoms with van der Waals surface area (Å²) in [6, 6.07) is 9.07. The molecule has 112 valence electrons. The van der Waals surface area contributed by atoms with Crippen molar-refractivity contribution in [2.45, 2.75) is 13.8 Å². The van der Waals surface area contributed by atoms with Crippen molar-refractivity contribution in [1.82, 2.24) is 5.43 Å². The summed E-state index contributed by atoms with van der Waals surface area (Å²) in [5, 5.41) is 4.78. The van der Waals surface area contributed by atoms with E-state index in [4.69, 9.17) is 8.83 Å². The molecule has 0 aliphatic rings. The molecular weight excluding hydrogens is 348 g/mol. The van der Waals surface area contributed by atoms with Crippen LogP contribution in [0.2, 0.25) is 0 Å². The van der Waals surface area contributed by atoms with E-state index >= 15 is 0 Å². The summed E-state index contributed by atoms with van der Waals surface area (Å²) in [5.41, 5.74) is 3.92. The first kappa shape index (κ1) is 14.6. The van der Waals surface area contributed by atoms with Gasteiger partial charge in [0, 0.05) is 15.4 Å². The molecular formula is C16H13BrN2O3. The number of halogens is 1. The summed E-state index contributed by atoms with van der Waals surface area (Å²) in [4.78, 5) is 12.0. The van der Waals surface area contributed by atoms with Crippen molar-refractivity contribution in [1.29, 1.82) is 0 Å². The van der Waals surface area contributed by atoms with Crippen LogP contribution >= 0.6 is 15.9 Å². The Morgan fingerprint density at radius 2 is 2.05 bits per heavy atom. The van der Waals surface area contributed by atoms with Crippen molar-refractivity contribution in [2.75, 3.05) is 0 Å². The van der Waals surface area contributed by atoms with E-state index in [-0.39, 0.29) is 5.76 Å². The maximum absolute atomic E-state index is 12.0. The highest BCUT2D eigenvalue weighted by atomic mass is 79.9. The number of nitrogens with one attached hydrogen (secondary N) is 1. The fourth-order valence-corrected chi connectivity index (χ4v) is 2.50. The van der Waals surface area contributed by atoms with Gasteiger partial charge >= 0.3 is 5.91 Å². The van der Waals surface area contributed by atoms with Crippen LogP contribution in [-0.2, 0) is 0 Å². The van der Waals surface area contributed by atoms with Crippen LogP contribution < -0.4 is 5.43 Å². The predicted molar refractivity (Wildman–Crippen MR) is 87.2 cm³/mol. The summed E-state index contributed by atoms with van der Waals surface area (Å²) in [5.74, 6) is 1.36. The molecule has 3 rings (SSSR count). The topological polar surface area (TPSA) is 67.7 Å². The number of nitrogens with zero attached hydrogens (tertiary/aromatic N) is 1. The maximum atomic E-state index is 12.0. The smallest absolute Gasteiger partial charge is 0.307 e. The van der Waals surface area contributed by atoms with Gasteiger partial charge in [-0.3, -0.25) is 4.79 Å². The molecule has 1 N–H and O–H groups in total. The molecule has 0 aliphatic carbocycles. The highest BCUT2D eigenvalue weighted by Gasteiger charge is 2.11. The Hall–Kier alpha value is -2.34. The lowest BCUT2D eigenvalue weighted by Gasteiger charge is -1.94. The summed E-state index contributed by atoms with van der Waals surface area (Å²) in [6.07, 6.45) is 1.54. The second-order valence-electron chi connectivity index (χ2n) is 4.86. The van der Waals surface area contributed by atoms with E-state index in [0.717, 1.165) is 26.9 Å². The van der Waals surface area contributed by atoms with Gasteiger partial charge in [-0.25, -0.2) is 5.43 Å². The number of rotatable bonds is 3. The molecule has 3 aromatic rings. The van der Waals surface area contributed by atoms with Crippen LogP contribution in [0, 0.1) is 13.8 Å². The standard InChI is InChI=1S/C16H13BrN2O3/c1-9-5-12(10(2)21-9)8-18-19-16(20)15-7-11-6-13(17)3-4-14(11)22-15/h3-8H,1-2H3,(H,19,20)/b18-8-. The summed E-state index contributed by atoms with van der Waals surface area (Å²) < 4.78 is 11.8. The number of carbonyl (C=O) groups is 1. The zero-order chi connectivity index (χ0) is 15.7. The number of benzene rings is 1. The minimum atomic E-state index is -0.401. The molecule has 0 atom stereocenters. The van der Waals surface area contributed by atoms with Crippen molar-refractivity contribution in [3.05, 3.63) is 57.6 Å². The van der Waals surface area contributed by atoms with Gasteiger partial charge in [0.15, 0.2) is 5.76 Å². The molecule has 1 amide bonds.